The van der Waals surface area contributed by atoms with E-state index >= 15 is 0 Å². The Labute approximate surface area is 179 Å². The summed E-state index contributed by atoms with van der Waals surface area (Å²) in [4.78, 5) is 27.6. The summed E-state index contributed by atoms with van der Waals surface area (Å²) in [6.45, 7) is 8.55. The molecule has 1 aliphatic heterocycles. The number of rotatable bonds is 7. The van der Waals surface area contributed by atoms with Crippen LogP contribution in [0.1, 0.15) is 59.4 Å². The van der Waals surface area contributed by atoms with Gasteiger partial charge in [-0.3, -0.25) is 9.59 Å². The summed E-state index contributed by atoms with van der Waals surface area (Å²) in [5.41, 5.74) is 3.43. The molecule has 0 aliphatic carbocycles. The number of aryl methyl sites for hydroxylation is 1. The molecule has 1 atom stereocenters. The van der Waals surface area contributed by atoms with E-state index in [9.17, 15) is 9.59 Å². The summed E-state index contributed by atoms with van der Waals surface area (Å²) in [7, 11) is 0. The topological polar surface area (TPSA) is 61.4 Å². The lowest BCUT2D eigenvalue weighted by Gasteiger charge is -2.35. The maximum Gasteiger partial charge on any atom is 0.253 e. The van der Waals surface area contributed by atoms with Crippen LogP contribution in [0.5, 0.6) is 0 Å². The third-order valence-electron chi connectivity index (χ3n) is 6.02. The van der Waals surface area contributed by atoms with Crippen LogP contribution in [-0.2, 0) is 0 Å². The zero-order valence-corrected chi connectivity index (χ0v) is 18.3. The van der Waals surface area contributed by atoms with E-state index in [2.05, 4.69) is 29.4 Å². The quantitative estimate of drug-likeness (QED) is 0.724. The second kappa shape index (κ2) is 10.3. The molecule has 0 spiro atoms. The van der Waals surface area contributed by atoms with Gasteiger partial charge in [-0.15, -0.1) is 0 Å². The Bertz CT molecular complexity index is 872. The number of benzene rings is 2. The number of amides is 2. The molecule has 3 rings (SSSR count). The van der Waals surface area contributed by atoms with Crippen molar-refractivity contribution in [3.8, 4) is 0 Å². The van der Waals surface area contributed by atoms with Gasteiger partial charge in [-0.05, 0) is 49.4 Å². The molecule has 2 aromatic carbocycles. The molecule has 1 aliphatic rings. The predicted octanol–water partition coefficient (Wildman–Crippen LogP) is 4.17. The van der Waals surface area contributed by atoms with E-state index in [1.165, 1.54) is 0 Å². The minimum absolute atomic E-state index is 0.00336. The summed E-state index contributed by atoms with van der Waals surface area (Å²) in [5, 5.41) is 6.24. The van der Waals surface area contributed by atoms with Gasteiger partial charge >= 0.3 is 0 Å². The highest BCUT2D eigenvalue weighted by Crippen LogP contribution is 2.24. The molecule has 0 unspecified atom stereocenters. The monoisotopic (exact) mass is 407 g/mol. The fraction of sp³-hybridized carbons (Fsp3) is 0.440. The third-order valence-corrected chi connectivity index (χ3v) is 6.02. The first-order chi connectivity index (χ1) is 14.5. The molecule has 160 valence electrons. The number of nitrogens with one attached hydrogen (secondary N) is 2. The van der Waals surface area contributed by atoms with E-state index < -0.39 is 0 Å². The molecule has 0 aromatic heterocycles. The molecule has 1 heterocycles. The SMILES string of the molecule is CC[C@@H](C)CNC(=O)c1ccccc1N1CCC(NC(=O)c2ccccc2C)CC1. The normalized spacial score (nSPS) is 15.5. The molecule has 1 saturated heterocycles. The average molecular weight is 408 g/mol. The van der Waals surface area contributed by atoms with Crippen molar-refractivity contribution >= 4 is 17.5 Å². The third kappa shape index (κ3) is 5.41. The summed E-state index contributed by atoms with van der Waals surface area (Å²) >= 11 is 0. The molecule has 1 fully saturated rings. The van der Waals surface area contributed by atoms with Crippen LogP contribution in [0.2, 0.25) is 0 Å². The van der Waals surface area contributed by atoms with Gasteiger partial charge in [0.2, 0.25) is 0 Å². The number of piperidine rings is 1. The highest BCUT2D eigenvalue weighted by Gasteiger charge is 2.24. The predicted molar refractivity (Wildman–Crippen MR) is 122 cm³/mol. The maximum absolute atomic E-state index is 12.7. The largest absolute Gasteiger partial charge is 0.371 e. The molecule has 5 nitrogen and oxygen atoms in total. The van der Waals surface area contributed by atoms with Crippen molar-refractivity contribution in [2.75, 3.05) is 24.5 Å². The fourth-order valence-electron chi connectivity index (χ4n) is 3.80. The van der Waals surface area contributed by atoms with Crippen LogP contribution < -0.4 is 15.5 Å². The van der Waals surface area contributed by atoms with Crippen molar-refractivity contribution in [2.24, 2.45) is 5.92 Å². The van der Waals surface area contributed by atoms with Gasteiger partial charge in [-0.1, -0.05) is 50.6 Å². The Morgan fingerprint density at radius 1 is 1.00 bits per heavy atom. The lowest BCUT2D eigenvalue weighted by Crippen LogP contribution is -2.45. The van der Waals surface area contributed by atoms with Crippen molar-refractivity contribution in [3.05, 3.63) is 65.2 Å². The Hall–Kier alpha value is -2.82. The van der Waals surface area contributed by atoms with Crippen molar-refractivity contribution in [2.45, 2.75) is 46.1 Å². The van der Waals surface area contributed by atoms with Crippen LogP contribution in [0.3, 0.4) is 0 Å². The number of nitrogens with zero attached hydrogens (tertiary/aromatic N) is 1. The van der Waals surface area contributed by atoms with E-state index in [1.807, 2.05) is 55.5 Å². The van der Waals surface area contributed by atoms with Gasteiger partial charge in [0.15, 0.2) is 0 Å². The maximum atomic E-state index is 12.7. The second-order valence-corrected chi connectivity index (χ2v) is 8.29. The molecule has 2 aromatic rings. The Balaban J connectivity index is 1.59. The van der Waals surface area contributed by atoms with Gasteiger partial charge in [0.1, 0.15) is 0 Å². The Morgan fingerprint density at radius 3 is 2.30 bits per heavy atom. The van der Waals surface area contributed by atoms with E-state index in [0.717, 1.165) is 54.7 Å². The first kappa shape index (κ1) is 21.9. The lowest BCUT2D eigenvalue weighted by atomic mass is 10.0. The number of carbonyl (C=O) groups is 2. The van der Waals surface area contributed by atoms with Crippen molar-refractivity contribution in [1.29, 1.82) is 0 Å². The molecule has 0 bridgehead atoms. The van der Waals surface area contributed by atoms with Crippen LogP contribution in [-0.4, -0.2) is 37.5 Å². The summed E-state index contributed by atoms with van der Waals surface area (Å²) in [6, 6.07) is 15.6. The average Bonchev–Trinajstić information content (AvgIpc) is 2.78. The van der Waals surface area contributed by atoms with Gasteiger partial charge in [0, 0.05) is 36.9 Å². The van der Waals surface area contributed by atoms with E-state index in [-0.39, 0.29) is 17.9 Å². The lowest BCUT2D eigenvalue weighted by molar-refractivity contribution is 0.0928. The van der Waals surface area contributed by atoms with Crippen LogP contribution in [0.25, 0.3) is 0 Å². The van der Waals surface area contributed by atoms with Crippen LogP contribution in [0.4, 0.5) is 5.69 Å². The van der Waals surface area contributed by atoms with E-state index in [4.69, 9.17) is 0 Å². The fourth-order valence-corrected chi connectivity index (χ4v) is 3.80. The molecule has 0 saturated carbocycles. The number of hydrogen-bond acceptors (Lipinski definition) is 3. The molecule has 2 amide bonds. The Kier molecular flexibility index (Phi) is 7.50. The molecular formula is C25H33N3O2. The number of carbonyl (C=O) groups excluding carboxylic acids is 2. The highest BCUT2D eigenvalue weighted by molar-refractivity contribution is 6.00. The van der Waals surface area contributed by atoms with Crippen LogP contribution >= 0.6 is 0 Å². The van der Waals surface area contributed by atoms with Gasteiger partial charge in [-0.25, -0.2) is 0 Å². The summed E-state index contributed by atoms with van der Waals surface area (Å²) in [5.74, 6) is 0.450. The van der Waals surface area contributed by atoms with Gasteiger partial charge in [0.25, 0.3) is 11.8 Å². The first-order valence-corrected chi connectivity index (χ1v) is 11.0. The Morgan fingerprint density at radius 2 is 1.63 bits per heavy atom. The van der Waals surface area contributed by atoms with E-state index in [1.54, 1.807) is 0 Å². The molecule has 0 radical (unpaired) electrons. The van der Waals surface area contributed by atoms with Crippen LogP contribution in [0, 0.1) is 12.8 Å². The number of hydrogen-bond donors (Lipinski definition) is 2. The molecule has 30 heavy (non-hydrogen) atoms. The number of anilines is 1. The minimum atomic E-state index is -0.0131. The first-order valence-electron chi connectivity index (χ1n) is 11.0. The van der Waals surface area contributed by atoms with E-state index in [0.29, 0.717) is 12.5 Å². The van der Waals surface area contributed by atoms with Gasteiger partial charge in [0.05, 0.1) is 5.56 Å². The minimum Gasteiger partial charge on any atom is -0.371 e. The van der Waals surface area contributed by atoms with Crippen LogP contribution in [0.15, 0.2) is 48.5 Å². The second-order valence-electron chi connectivity index (χ2n) is 8.29. The molecule has 5 heteroatoms. The zero-order chi connectivity index (χ0) is 21.5. The van der Waals surface area contributed by atoms with Crippen molar-refractivity contribution in [3.63, 3.8) is 0 Å². The smallest absolute Gasteiger partial charge is 0.253 e. The highest BCUT2D eigenvalue weighted by atomic mass is 16.2. The van der Waals surface area contributed by atoms with Crippen molar-refractivity contribution < 1.29 is 9.59 Å². The van der Waals surface area contributed by atoms with Gasteiger partial charge < -0.3 is 15.5 Å². The summed E-state index contributed by atoms with van der Waals surface area (Å²) < 4.78 is 0. The molecular weight excluding hydrogens is 374 g/mol. The van der Waals surface area contributed by atoms with Crippen molar-refractivity contribution in [1.82, 2.24) is 10.6 Å². The number of para-hydroxylation sites is 1. The van der Waals surface area contributed by atoms with Gasteiger partial charge in [-0.2, -0.15) is 0 Å². The summed E-state index contributed by atoms with van der Waals surface area (Å²) in [6.07, 6.45) is 2.77. The molecule has 2 N–H and O–H groups in total. The zero-order valence-electron chi connectivity index (χ0n) is 18.3. The standard InChI is InChI=1S/C25H33N3O2/c1-4-18(2)17-26-24(29)22-11-7-8-12-23(22)28-15-13-20(14-16-28)27-25(30)21-10-6-5-9-19(21)3/h5-12,18,20H,4,13-17H2,1-3H3,(H,26,29)(H,27,30)/t18-/m1/s1.